The van der Waals surface area contributed by atoms with Gasteiger partial charge in [0.15, 0.2) is 0 Å². The number of likely N-dealkylation sites (N-methyl/N-ethyl adjacent to an activating group) is 1. The first-order chi connectivity index (χ1) is 4.33. The summed E-state index contributed by atoms with van der Waals surface area (Å²) in [6.07, 6.45) is 0. The van der Waals surface area contributed by atoms with E-state index < -0.39 is 0 Å². The van der Waals surface area contributed by atoms with Gasteiger partial charge in [0, 0.05) is 0 Å². The van der Waals surface area contributed by atoms with E-state index in [9.17, 15) is 0 Å². The van der Waals surface area contributed by atoms with Crippen LogP contribution in [0.5, 0.6) is 0 Å². The summed E-state index contributed by atoms with van der Waals surface area (Å²) in [6, 6.07) is 0. The molecule has 1 aliphatic heterocycles. The fraction of sp³-hybridized carbons (Fsp3) is 1.00. The zero-order chi connectivity index (χ0) is 6.69. The topological polar surface area (TPSA) is 6.48 Å². The molecule has 4 heteroatoms. The Hall–Kier alpha value is 1.38. The summed E-state index contributed by atoms with van der Waals surface area (Å²) in [7, 11) is 2.20. The molecule has 2 nitrogen and oxygen atoms in total. The van der Waals surface area contributed by atoms with Crippen molar-refractivity contribution in [1.29, 1.82) is 0 Å². The maximum absolute atomic E-state index is 2.58. The Kier molecular flexibility index (Phi) is 4.05. The number of halogens is 2. The van der Waals surface area contributed by atoms with Crippen LogP contribution in [0.2, 0.25) is 0 Å². The molecule has 0 bridgehead atoms. The molecule has 0 atom stereocenters. The van der Waals surface area contributed by atoms with Gasteiger partial charge in [0.1, 0.15) is 0 Å². The molecule has 0 aromatic carbocycles. The van der Waals surface area contributed by atoms with Crippen molar-refractivity contribution in [3.8, 4) is 0 Å². The van der Waals surface area contributed by atoms with E-state index in [-0.39, 0.29) is 0 Å². The second-order valence-electron chi connectivity index (χ2n) is 2.28. The van der Waals surface area contributed by atoms with Crippen molar-refractivity contribution >= 4 is 18.6 Å². The second kappa shape index (κ2) is 4.30. The van der Waals surface area contributed by atoms with E-state index >= 15 is 0 Å². The van der Waals surface area contributed by atoms with Crippen LogP contribution in [0.1, 0.15) is 0 Å². The molecular formula is C5H11I2N2-. The van der Waals surface area contributed by atoms with Gasteiger partial charge in [0.2, 0.25) is 0 Å². The van der Waals surface area contributed by atoms with Crippen LogP contribution in [0.25, 0.3) is 0 Å². The van der Waals surface area contributed by atoms with E-state index in [1.165, 1.54) is 26.2 Å². The average Bonchev–Trinajstić information content (AvgIpc) is 1.90. The van der Waals surface area contributed by atoms with Crippen LogP contribution in [0, 0.1) is 0 Å². The first kappa shape index (κ1) is 8.48. The van der Waals surface area contributed by atoms with Crippen molar-refractivity contribution in [2.45, 2.75) is 0 Å². The van der Waals surface area contributed by atoms with Crippen LogP contribution in [0.4, 0.5) is 0 Å². The van der Waals surface area contributed by atoms with E-state index in [1.54, 1.807) is 0 Å². The molecule has 0 saturated carbocycles. The molecule has 0 N–H and O–H groups in total. The molecule has 1 fully saturated rings. The molecule has 1 rings (SSSR count). The van der Waals surface area contributed by atoms with Gasteiger partial charge in [-0.05, 0) is 0 Å². The summed E-state index contributed by atoms with van der Waals surface area (Å²) < 4.78 is 2.58. The fourth-order valence-corrected chi connectivity index (χ4v) is 4.09. The fourth-order valence-electron chi connectivity index (χ4n) is 0.846. The zero-order valence-electron chi connectivity index (χ0n) is 5.48. The number of hydrogen-bond donors (Lipinski definition) is 0. The van der Waals surface area contributed by atoms with Gasteiger partial charge < -0.3 is 0 Å². The third-order valence-electron chi connectivity index (χ3n) is 1.54. The SMILES string of the molecule is CN1CCN([I-]I)CC1. The van der Waals surface area contributed by atoms with Gasteiger partial charge in [-0.25, -0.2) is 0 Å². The molecule has 56 valence electrons. The molecule has 0 spiro atoms. The average molecular weight is 353 g/mol. The first-order valence-corrected chi connectivity index (χ1v) is 10.3. The van der Waals surface area contributed by atoms with Crippen molar-refractivity contribution in [3.05, 3.63) is 0 Å². The van der Waals surface area contributed by atoms with Crippen molar-refractivity contribution < 1.29 is 17.5 Å². The van der Waals surface area contributed by atoms with E-state index in [4.69, 9.17) is 0 Å². The van der Waals surface area contributed by atoms with Crippen LogP contribution < -0.4 is 17.5 Å². The number of hydrogen-bond acceptors (Lipinski definition) is 2. The van der Waals surface area contributed by atoms with Crippen molar-refractivity contribution in [2.24, 2.45) is 0 Å². The molecule has 0 aliphatic carbocycles. The van der Waals surface area contributed by atoms with Crippen molar-refractivity contribution in [3.63, 3.8) is 0 Å². The van der Waals surface area contributed by atoms with Gasteiger partial charge in [-0.1, -0.05) is 0 Å². The number of nitrogens with zero attached hydrogens (tertiary/aromatic N) is 2. The van der Waals surface area contributed by atoms with E-state index in [0.29, 0.717) is 17.5 Å². The molecule has 0 unspecified atom stereocenters. The van der Waals surface area contributed by atoms with Crippen LogP contribution >= 0.6 is 18.6 Å². The molecule has 1 heterocycles. The predicted molar refractivity (Wildman–Crippen MR) is 43.1 cm³/mol. The van der Waals surface area contributed by atoms with Crippen molar-refractivity contribution in [2.75, 3.05) is 33.2 Å². The van der Waals surface area contributed by atoms with Gasteiger partial charge in [-0.3, -0.25) is 0 Å². The number of rotatable bonds is 1. The first-order valence-electron chi connectivity index (χ1n) is 3.02. The Labute approximate surface area is 76.8 Å². The minimum absolute atomic E-state index is 0.344. The third kappa shape index (κ3) is 2.85. The standard InChI is InChI=1S/C5H11I2N2/c1-8-2-4-9(7-6)5-3-8/h2-5H2,1H3/q-1. The van der Waals surface area contributed by atoms with Gasteiger partial charge >= 0.3 is 77.4 Å². The van der Waals surface area contributed by atoms with Gasteiger partial charge in [0.05, 0.1) is 0 Å². The number of piperazine rings is 1. The molecule has 0 amide bonds. The Balaban J connectivity index is 2.18. The molecule has 9 heavy (non-hydrogen) atoms. The van der Waals surface area contributed by atoms with Gasteiger partial charge in [0.25, 0.3) is 0 Å². The van der Waals surface area contributed by atoms with Gasteiger partial charge in [-0.2, -0.15) is 0 Å². The van der Waals surface area contributed by atoms with Crippen molar-refractivity contribution in [1.82, 2.24) is 8.01 Å². The summed E-state index contributed by atoms with van der Waals surface area (Å²) in [5, 5.41) is 0. The Morgan fingerprint density at radius 1 is 1.22 bits per heavy atom. The molecule has 0 aromatic rings. The summed E-state index contributed by atoms with van der Waals surface area (Å²) in [5.74, 6) is 0. The summed E-state index contributed by atoms with van der Waals surface area (Å²) in [6.45, 7) is 5.13. The van der Waals surface area contributed by atoms with E-state index in [0.717, 1.165) is 0 Å². The van der Waals surface area contributed by atoms with E-state index in [2.05, 4.69) is 33.7 Å². The Bertz CT molecular complexity index is 81.0. The maximum atomic E-state index is 2.58. The summed E-state index contributed by atoms with van der Waals surface area (Å²) in [4.78, 5) is 2.40. The Morgan fingerprint density at radius 2 is 1.78 bits per heavy atom. The predicted octanol–water partition coefficient (Wildman–Crippen LogP) is -2.41. The Morgan fingerprint density at radius 3 is 2.22 bits per heavy atom. The summed E-state index contributed by atoms with van der Waals surface area (Å²) >= 11 is 2.87. The summed E-state index contributed by atoms with van der Waals surface area (Å²) in [5.41, 5.74) is 0. The second-order valence-corrected chi connectivity index (χ2v) is 6.45. The molecule has 0 aromatic heterocycles. The normalized spacial score (nSPS) is 25.1. The molecule has 1 saturated heterocycles. The molecule has 1 aliphatic rings. The van der Waals surface area contributed by atoms with Crippen LogP contribution in [0.3, 0.4) is 0 Å². The minimum atomic E-state index is 0.344. The zero-order valence-corrected chi connectivity index (χ0v) is 9.79. The van der Waals surface area contributed by atoms with Crippen LogP contribution in [0.15, 0.2) is 0 Å². The van der Waals surface area contributed by atoms with Crippen LogP contribution in [-0.2, 0) is 0 Å². The third-order valence-corrected chi connectivity index (χ3v) is 6.48. The monoisotopic (exact) mass is 353 g/mol. The molecular weight excluding hydrogens is 342 g/mol. The quantitative estimate of drug-likeness (QED) is 0.383. The van der Waals surface area contributed by atoms with E-state index in [1.807, 2.05) is 0 Å². The van der Waals surface area contributed by atoms with Gasteiger partial charge in [-0.15, -0.1) is 0 Å². The van der Waals surface area contributed by atoms with Crippen LogP contribution in [-0.4, -0.2) is 41.2 Å². The molecule has 0 radical (unpaired) electrons.